The zero-order valence-electron chi connectivity index (χ0n) is 19.1. The maximum Gasteiger partial charge on any atom is 0.416 e. The van der Waals surface area contributed by atoms with Crippen LogP contribution in [0.2, 0.25) is 0 Å². The van der Waals surface area contributed by atoms with E-state index in [0.29, 0.717) is 32.2 Å². The molecule has 0 bridgehead atoms. The Morgan fingerprint density at radius 1 is 1.32 bits per heavy atom. The molecule has 1 aromatic rings. The second-order valence-electron chi connectivity index (χ2n) is 8.27. The third-order valence-corrected chi connectivity index (χ3v) is 5.58. The highest BCUT2D eigenvalue weighted by Gasteiger charge is 2.39. The number of hydrogen-bond donors (Lipinski definition) is 3. The summed E-state index contributed by atoms with van der Waals surface area (Å²) in [6.07, 6.45) is 2.65. The average Bonchev–Trinajstić information content (AvgIpc) is 3.05. The smallest absolute Gasteiger partial charge is 0.416 e. The van der Waals surface area contributed by atoms with Crippen molar-refractivity contribution >= 4 is 11.7 Å². The molecule has 1 aromatic carbocycles. The lowest BCUT2D eigenvalue weighted by Gasteiger charge is -2.17. The number of allylic oxidation sites excluding steroid dienone is 3. The summed E-state index contributed by atoms with van der Waals surface area (Å²) in [6, 6.07) is 4.36. The van der Waals surface area contributed by atoms with Crippen molar-refractivity contribution in [3.63, 3.8) is 0 Å². The molecule has 6 nitrogen and oxygen atoms in total. The molecule has 4 atom stereocenters. The van der Waals surface area contributed by atoms with Gasteiger partial charge in [-0.25, -0.2) is 0 Å². The standard InChI is InChI=1S/C25H32F3NO5/c1-2-29-24(33)11-6-4-3-5-10-20-21(23(32)15-22(20)31)13-12-18(30)16-34-19-9-7-8-17(14-19)25(26,27)28/h3,5,7-9,12-14,18,20-22,30-31H,2,4,6,10-11,15-16H2,1H3,(H,29,33)/b5-3-,13-12+/t18-,20-,21-,22+/m1/s1. The number of ether oxygens (including phenoxy) is 1. The van der Waals surface area contributed by atoms with Gasteiger partial charge in [0.05, 0.1) is 11.7 Å². The van der Waals surface area contributed by atoms with Gasteiger partial charge in [0.25, 0.3) is 0 Å². The number of nitrogens with one attached hydrogen (secondary N) is 1. The maximum absolute atomic E-state index is 12.8. The van der Waals surface area contributed by atoms with Crippen LogP contribution in [0.1, 0.15) is 44.6 Å². The summed E-state index contributed by atoms with van der Waals surface area (Å²) in [6.45, 7) is 2.18. The van der Waals surface area contributed by atoms with E-state index in [1.807, 2.05) is 19.1 Å². The summed E-state index contributed by atoms with van der Waals surface area (Å²) < 4.78 is 43.6. The molecule has 34 heavy (non-hydrogen) atoms. The van der Waals surface area contributed by atoms with Crippen LogP contribution in [0.15, 0.2) is 48.6 Å². The van der Waals surface area contributed by atoms with E-state index >= 15 is 0 Å². The molecule has 3 N–H and O–H groups in total. The number of hydrogen-bond acceptors (Lipinski definition) is 5. The molecule has 0 aliphatic heterocycles. The number of unbranched alkanes of at least 4 members (excludes halogenated alkanes) is 1. The number of Topliss-reactive ketones (excluding diaryl/α,β-unsaturated/α-hetero) is 1. The van der Waals surface area contributed by atoms with Crippen LogP contribution in [0.25, 0.3) is 0 Å². The van der Waals surface area contributed by atoms with Gasteiger partial charge in [0, 0.05) is 31.2 Å². The number of benzene rings is 1. The SMILES string of the molecule is CCNC(=O)CCC/C=C\C[C@H]1[C@@H](O)CC(=O)[C@@H]1/C=C/[C@@H](O)COc1cccc(C(F)(F)F)c1. The first-order chi connectivity index (χ1) is 16.1. The third kappa shape index (κ3) is 8.95. The molecule has 9 heteroatoms. The van der Waals surface area contributed by atoms with Gasteiger partial charge in [-0.15, -0.1) is 0 Å². The molecule has 0 saturated heterocycles. The van der Waals surface area contributed by atoms with Crippen LogP contribution in [-0.2, 0) is 15.8 Å². The van der Waals surface area contributed by atoms with Gasteiger partial charge < -0.3 is 20.3 Å². The van der Waals surface area contributed by atoms with Crippen LogP contribution < -0.4 is 10.1 Å². The second kappa shape index (κ2) is 13.3. The number of carbonyl (C=O) groups excluding carboxylic acids is 2. The van der Waals surface area contributed by atoms with Gasteiger partial charge in [-0.05, 0) is 44.4 Å². The van der Waals surface area contributed by atoms with E-state index in [0.717, 1.165) is 12.1 Å². The summed E-state index contributed by atoms with van der Waals surface area (Å²) in [4.78, 5) is 23.7. The number of amides is 1. The van der Waals surface area contributed by atoms with Crippen LogP contribution in [0, 0.1) is 11.8 Å². The van der Waals surface area contributed by atoms with Crippen molar-refractivity contribution in [2.75, 3.05) is 13.2 Å². The number of rotatable bonds is 12. The van der Waals surface area contributed by atoms with E-state index in [9.17, 15) is 33.0 Å². The van der Waals surface area contributed by atoms with Crippen molar-refractivity contribution in [1.29, 1.82) is 0 Å². The lowest BCUT2D eigenvalue weighted by molar-refractivity contribution is -0.137. The van der Waals surface area contributed by atoms with Crippen molar-refractivity contribution in [3.05, 3.63) is 54.1 Å². The summed E-state index contributed by atoms with van der Waals surface area (Å²) in [5, 5.41) is 23.1. The zero-order chi connectivity index (χ0) is 25.1. The number of aliphatic hydroxyl groups is 2. The molecule has 1 fully saturated rings. The average molecular weight is 484 g/mol. The zero-order valence-corrected chi connectivity index (χ0v) is 19.1. The van der Waals surface area contributed by atoms with E-state index in [1.165, 1.54) is 24.3 Å². The number of aliphatic hydroxyl groups excluding tert-OH is 2. The molecule has 1 aliphatic carbocycles. The first kappa shape index (κ1) is 27.6. The Labute approximate surface area is 197 Å². The number of halogens is 3. The first-order valence-electron chi connectivity index (χ1n) is 11.4. The molecule has 0 radical (unpaired) electrons. The molecule has 1 saturated carbocycles. The molecule has 1 aliphatic rings. The summed E-state index contributed by atoms with van der Waals surface area (Å²) in [5.74, 6) is -1.05. The highest BCUT2D eigenvalue weighted by molar-refractivity contribution is 5.86. The Morgan fingerprint density at radius 3 is 2.79 bits per heavy atom. The van der Waals surface area contributed by atoms with Gasteiger partial charge in [0.15, 0.2) is 0 Å². The van der Waals surface area contributed by atoms with E-state index < -0.39 is 29.9 Å². The highest BCUT2D eigenvalue weighted by atomic mass is 19.4. The molecule has 1 amide bonds. The topological polar surface area (TPSA) is 95.9 Å². The fourth-order valence-electron chi connectivity index (χ4n) is 3.81. The maximum atomic E-state index is 12.8. The van der Waals surface area contributed by atoms with Gasteiger partial charge in [-0.2, -0.15) is 13.2 Å². The second-order valence-corrected chi connectivity index (χ2v) is 8.27. The van der Waals surface area contributed by atoms with E-state index in [-0.39, 0.29) is 36.4 Å². The van der Waals surface area contributed by atoms with Gasteiger partial charge >= 0.3 is 6.18 Å². The Balaban J connectivity index is 1.84. The third-order valence-electron chi connectivity index (χ3n) is 5.58. The number of ketones is 1. The largest absolute Gasteiger partial charge is 0.491 e. The first-order valence-corrected chi connectivity index (χ1v) is 11.4. The minimum absolute atomic E-state index is 0.00788. The monoisotopic (exact) mass is 483 g/mol. The Kier molecular flexibility index (Phi) is 10.8. The molecular weight excluding hydrogens is 451 g/mol. The lowest BCUT2D eigenvalue weighted by Crippen LogP contribution is -2.21. The predicted molar refractivity (Wildman–Crippen MR) is 121 cm³/mol. The Bertz CT molecular complexity index is 868. The molecule has 0 spiro atoms. The van der Waals surface area contributed by atoms with Crippen molar-refractivity contribution < 1.29 is 37.7 Å². The van der Waals surface area contributed by atoms with Crippen molar-refractivity contribution in [1.82, 2.24) is 5.32 Å². The summed E-state index contributed by atoms with van der Waals surface area (Å²) in [7, 11) is 0. The lowest BCUT2D eigenvalue weighted by atomic mass is 9.90. The summed E-state index contributed by atoms with van der Waals surface area (Å²) >= 11 is 0. The van der Waals surface area contributed by atoms with Crippen molar-refractivity contribution in [3.8, 4) is 5.75 Å². The van der Waals surface area contributed by atoms with Gasteiger partial charge in [0.2, 0.25) is 5.91 Å². The van der Waals surface area contributed by atoms with E-state index in [1.54, 1.807) is 0 Å². The molecule has 2 rings (SSSR count). The van der Waals surface area contributed by atoms with E-state index in [4.69, 9.17) is 4.74 Å². The summed E-state index contributed by atoms with van der Waals surface area (Å²) in [5.41, 5.74) is -0.847. The Hall–Kier alpha value is -2.65. The quantitative estimate of drug-likeness (QED) is 0.310. The fraction of sp³-hybridized carbons (Fsp3) is 0.520. The van der Waals surface area contributed by atoms with Crippen molar-refractivity contribution in [2.24, 2.45) is 11.8 Å². The number of alkyl halides is 3. The van der Waals surface area contributed by atoms with Crippen molar-refractivity contribution in [2.45, 2.75) is 57.4 Å². The Morgan fingerprint density at radius 2 is 2.09 bits per heavy atom. The van der Waals surface area contributed by atoms with Crippen LogP contribution in [0.3, 0.4) is 0 Å². The van der Waals surface area contributed by atoms with Crippen LogP contribution in [-0.4, -0.2) is 47.3 Å². The number of carbonyl (C=O) groups is 2. The van der Waals surface area contributed by atoms with Crippen LogP contribution in [0.5, 0.6) is 5.75 Å². The minimum Gasteiger partial charge on any atom is -0.491 e. The fourth-order valence-corrected chi connectivity index (χ4v) is 3.81. The molecule has 188 valence electrons. The van der Waals surface area contributed by atoms with Crippen LogP contribution in [0.4, 0.5) is 13.2 Å². The van der Waals surface area contributed by atoms with Gasteiger partial charge in [0.1, 0.15) is 24.2 Å². The normalized spacial score (nSPS) is 21.9. The predicted octanol–water partition coefficient (Wildman–Crippen LogP) is 3.82. The molecule has 0 unspecified atom stereocenters. The van der Waals surface area contributed by atoms with Gasteiger partial charge in [-0.3, -0.25) is 9.59 Å². The highest BCUT2D eigenvalue weighted by Crippen LogP contribution is 2.34. The molecule has 0 aromatic heterocycles. The van der Waals surface area contributed by atoms with E-state index in [2.05, 4.69) is 5.32 Å². The van der Waals surface area contributed by atoms with Crippen LogP contribution >= 0.6 is 0 Å². The molecule has 0 heterocycles. The molecular formula is C25H32F3NO5. The van der Waals surface area contributed by atoms with Gasteiger partial charge in [-0.1, -0.05) is 30.4 Å². The minimum atomic E-state index is -4.49.